The van der Waals surface area contributed by atoms with E-state index < -0.39 is 0 Å². The normalized spacial score (nSPS) is 12.6. The van der Waals surface area contributed by atoms with Crippen molar-refractivity contribution in [1.82, 2.24) is 9.97 Å². The molecule has 0 saturated carbocycles. The Morgan fingerprint density at radius 1 is 1.38 bits per heavy atom. The Balaban J connectivity index is 2.76. The number of nitrogens with one attached hydrogen (secondary N) is 1. The summed E-state index contributed by atoms with van der Waals surface area (Å²) < 4.78 is 5.16. The fourth-order valence-corrected chi connectivity index (χ4v) is 1.85. The van der Waals surface area contributed by atoms with E-state index in [-0.39, 0.29) is 0 Å². The minimum Gasteiger partial charge on any atom is -0.490 e. The number of nitrogens with zero attached hydrogens (tertiary/aromatic N) is 2. The second kappa shape index (κ2) is 5.89. The SMILES string of the molecule is COc1c(Cl)ncnc1NC(C)CC(C)C. The van der Waals surface area contributed by atoms with Crippen LogP contribution in [0.15, 0.2) is 6.33 Å². The van der Waals surface area contributed by atoms with Gasteiger partial charge in [-0.05, 0) is 19.3 Å². The molecule has 0 saturated heterocycles. The molecule has 0 radical (unpaired) electrons. The molecule has 1 unspecified atom stereocenters. The zero-order valence-electron chi connectivity index (χ0n) is 10.1. The highest BCUT2D eigenvalue weighted by atomic mass is 35.5. The lowest BCUT2D eigenvalue weighted by atomic mass is 10.1. The van der Waals surface area contributed by atoms with E-state index in [4.69, 9.17) is 16.3 Å². The van der Waals surface area contributed by atoms with Crippen LogP contribution in [-0.4, -0.2) is 23.1 Å². The first-order chi connectivity index (χ1) is 7.54. The van der Waals surface area contributed by atoms with Gasteiger partial charge in [-0.25, -0.2) is 9.97 Å². The minimum absolute atomic E-state index is 0.319. The molecule has 0 aliphatic carbocycles. The van der Waals surface area contributed by atoms with Crippen molar-refractivity contribution in [2.24, 2.45) is 5.92 Å². The van der Waals surface area contributed by atoms with Crippen LogP contribution in [0.2, 0.25) is 5.15 Å². The van der Waals surface area contributed by atoms with Gasteiger partial charge in [0.05, 0.1) is 7.11 Å². The summed E-state index contributed by atoms with van der Waals surface area (Å²) in [4.78, 5) is 7.99. The number of methoxy groups -OCH3 is 1. The maximum absolute atomic E-state index is 5.90. The number of halogens is 1. The van der Waals surface area contributed by atoms with Crippen LogP contribution in [0.3, 0.4) is 0 Å². The van der Waals surface area contributed by atoms with Crippen LogP contribution in [0.1, 0.15) is 27.2 Å². The summed E-state index contributed by atoms with van der Waals surface area (Å²) in [5.74, 6) is 1.78. The second-order valence-electron chi connectivity index (χ2n) is 4.22. The van der Waals surface area contributed by atoms with E-state index in [0.717, 1.165) is 6.42 Å². The highest BCUT2D eigenvalue weighted by molar-refractivity contribution is 6.31. The molecule has 0 aromatic carbocycles. The highest BCUT2D eigenvalue weighted by Crippen LogP contribution is 2.29. The second-order valence-corrected chi connectivity index (χ2v) is 4.58. The first-order valence-corrected chi connectivity index (χ1v) is 5.73. The molecule has 0 bridgehead atoms. The lowest BCUT2D eigenvalue weighted by Crippen LogP contribution is -2.18. The molecule has 0 amide bonds. The Hall–Kier alpha value is -1.03. The van der Waals surface area contributed by atoms with E-state index in [1.165, 1.54) is 6.33 Å². The molecule has 1 rings (SSSR count). The van der Waals surface area contributed by atoms with Gasteiger partial charge in [-0.1, -0.05) is 25.4 Å². The Morgan fingerprint density at radius 2 is 2.06 bits per heavy atom. The molecule has 90 valence electrons. The molecule has 5 heteroatoms. The standard InChI is InChI=1S/C11H18ClN3O/c1-7(2)5-8(3)15-11-9(16-4)10(12)13-6-14-11/h6-8H,5H2,1-4H3,(H,13,14,15). The van der Waals surface area contributed by atoms with Crippen LogP contribution in [0, 0.1) is 5.92 Å². The summed E-state index contributed by atoms with van der Waals surface area (Å²) in [6.07, 6.45) is 2.49. The molecule has 1 atom stereocenters. The van der Waals surface area contributed by atoms with Gasteiger partial charge < -0.3 is 10.1 Å². The first-order valence-electron chi connectivity index (χ1n) is 5.35. The fraction of sp³-hybridized carbons (Fsp3) is 0.636. The van der Waals surface area contributed by atoms with E-state index in [1.54, 1.807) is 7.11 Å². The Kier molecular flexibility index (Phi) is 4.80. The van der Waals surface area contributed by atoms with E-state index in [2.05, 4.69) is 36.1 Å². The predicted octanol–water partition coefficient (Wildman–Crippen LogP) is 2.99. The molecular formula is C11H18ClN3O. The van der Waals surface area contributed by atoms with Crippen molar-refractivity contribution in [3.8, 4) is 5.75 Å². The van der Waals surface area contributed by atoms with Gasteiger partial charge in [-0.15, -0.1) is 0 Å². The van der Waals surface area contributed by atoms with E-state index in [0.29, 0.717) is 28.7 Å². The molecule has 0 aliphatic rings. The maximum Gasteiger partial charge on any atom is 0.198 e. The minimum atomic E-state index is 0.319. The molecule has 0 aliphatic heterocycles. The van der Waals surface area contributed by atoms with Gasteiger partial charge in [-0.2, -0.15) is 0 Å². The summed E-state index contributed by atoms with van der Waals surface area (Å²) in [7, 11) is 1.56. The quantitative estimate of drug-likeness (QED) is 0.808. The molecule has 16 heavy (non-hydrogen) atoms. The van der Waals surface area contributed by atoms with Crippen molar-refractivity contribution in [3.63, 3.8) is 0 Å². The van der Waals surface area contributed by atoms with Crippen molar-refractivity contribution in [2.75, 3.05) is 12.4 Å². The van der Waals surface area contributed by atoms with Crippen LogP contribution >= 0.6 is 11.6 Å². The molecule has 0 fully saturated rings. The summed E-state index contributed by atoms with van der Waals surface area (Å²) in [5, 5.41) is 3.60. The topological polar surface area (TPSA) is 47.0 Å². The zero-order valence-corrected chi connectivity index (χ0v) is 10.9. The number of rotatable bonds is 5. The van der Waals surface area contributed by atoms with Crippen LogP contribution < -0.4 is 10.1 Å². The van der Waals surface area contributed by atoms with E-state index in [1.807, 2.05) is 0 Å². The van der Waals surface area contributed by atoms with Crippen molar-refractivity contribution < 1.29 is 4.74 Å². The van der Waals surface area contributed by atoms with Gasteiger partial charge >= 0.3 is 0 Å². The summed E-state index contributed by atoms with van der Waals surface area (Å²) in [6.45, 7) is 6.47. The van der Waals surface area contributed by atoms with E-state index >= 15 is 0 Å². The molecule has 1 aromatic rings. The van der Waals surface area contributed by atoms with Gasteiger partial charge in [0.1, 0.15) is 6.33 Å². The van der Waals surface area contributed by atoms with Gasteiger partial charge in [0.15, 0.2) is 16.7 Å². The van der Waals surface area contributed by atoms with Crippen LogP contribution in [-0.2, 0) is 0 Å². The average Bonchev–Trinajstić information content (AvgIpc) is 2.16. The average molecular weight is 244 g/mol. The molecular weight excluding hydrogens is 226 g/mol. The van der Waals surface area contributed by atoms with Crippen molar-refractivity contribution in [2.45, 2.75) is 33.2 Å². The maximum atomic E-state index is 5.90. The number of anilines is 1. The predicted molar refractivity (Wildman–Crippen MR) is 66.1 cm³/mol. The number of hydrogen-bond donors (Lipinski definition) is 1. The van der Waals surface area contributed by atoms with Crippen LogP contribution in [0.25, 0.3) is 0 Å². The largest absolute Gasteiger partial charge is 0.490 e. The van der Waals surface area contributed by atoms with Crippen molar-refractivity contribution in [3.05, 3.63) is 11.5 Å². The summed E-state index contributed by atoms with van der Waals surface area (Å²) in [6, 6.07) is 0.319. The number of hydrogen-bond acceptors (Lipinski definition) is 4. The smallest absolute Gasteiger partial charge is 0.198 e. The van der Waals surface area contributed by atoms with Gasteiger partial charge in [0, 0.05) is 6.04 Å². The third-order valence-corrected chi connectivity index (χ3v) is 2.44. The third-order valence-electron chi connectivity index (χ3n) is 2.17. The summed E-state index contributed by atoms with van der Waals surface area (Å²) >= 11 is 5.90. The lowest BCUT2D eigenvalue weighted by Gasteiger charge is -2.18. The lowest BCUT2D eigenvalue weighted by molar-refractivity contribution is 0.411. The Labute approximate surface area is 101 Å². The molecule has 0 spiro atoms. The third kappa shape index (κ3) is 3.52. The van der Waals surface area contributed by atoms with Crippen LogP contribution in [0.5, 0.6) is 5.75 Å². The monoisotopic (exact) mass is 243 g/mol. The van der Waals surface area contributed by atoms with Gasteiger partial charge in [-0.3, -0.25) is 0 Å². The molecule has 1 N–H and O–H groups in total. The molecule has 1 aromatic heterocycles. The number of aromatic nitrogens is 2. The van der Waals surface area contributed by atoms with E-state index in [9.17, 15) is 0 Å². The van der Waals surface area contributed by atoms with Crippen molar-refractivity contribution in [1.29, 1.82) is 0 Å². The first kappa shape index (κ1) is 13.0. The van der Waals surface area contributed by atoms with Crippen LogP contribution in [0.4, 0.5) is 5.82 Å². The molecule has 4 nitrogen and oxygen atoms in total. The number of ether oxygens (including phenoxy) is 1. The van der Waals surface area contributed by atoms with Gasteiger partial charge in [0.2, 0.25) is 0 Å². The Bertz CT molecular complexity index is 344. The molecule has 1 heterocycles. The Morgan fingerprint density at radius 3 is 2.62 bits per heavy atom. The zero-order chi connectivity index (χ0) is 12.1. The highest BCUT2D eigenvalue weighted by Gasteiger charge is 2.13. The van der Waals surface area contributed by atoms with Crippen molar-refractivity contribution >= 4 is 17.4 Å². The van der Waals surface area contributed by atoms with Gasteiger partial charge in [0.25, 0.3) is 0 Å². The summed E-state index contributed by atoms with van der Waals surface area (Å²) in [5.41, 5.74) is 0. The fourth-order valence-electron chi connectivity index (χ4n) is 1.64.